The molecule has 1 saturated carbocycles. The van der Waals surface area contributed by atoms with Crippen molar-refractivity contribution in [2.45, 2.75) is 198 Å². The summed E-state index contributed by atoms with van der Waals surface area (Å²) < 4.78 is 34.1. The highest BCUT2D eigenvalue weighted by Gasteiger charge is 2.51. The number of unbranched alkanes of at least 4 members (excludes halogenated alkanes) is 12. The van der Waals surface area contributed by atoms with Gasteiger partial charge in [-0.2, -0.15) is 0 Å². The number of aliphatic hydroxyl groups is 5. The van der Waals surface area contributed by atoms with Crippen LogP contribution in [0.3, 0.4) is 0 Å². The number of phosphoric acid groups is 1. The maximum atomic E-state index is 12.8. The molecule has 6 atom stereocenters. The highest BCUT2D eigenvalue weighted by Crippen LogP contribution is 2.47. The molecule has 1 aliphatic rings. The first-order chi connectivity index (χ1) is 30.0. The molecule has 13 heteroatoms. The van der Waals surface area contributed by atoms with E-state index in [1.165, 1.54) is 38.5 Å². The predicted octanol–water partition coefficient (Wildman–Crippen LogP) is 9.75. The van der Waals surface area contributed by atoms with Gasteiger partial charge in [0.2, 0.25) is 0 Å². The van der Waals surface area contributed by atoms with E-state index in [4.69, 9.17) is 18.5 Å². The minimum absolute atomic E-state index is 0.114. The van der Waals surface area contributed by atoms with Crippen molar-refractivity contribution >= 4 is 13.8 Å². The summed E-state index contributed by atoms with van der Waals surface area (Å²) in [6, 6.07) is 0. The van der Waals surface area contributed by atoms with Gasteiger partial charge in [-0.25, -0.2) is 4.57 Å². The first kappa shape index (κ1) is 57.5. The summed E-state index contributed by atoms with van der Waals surface area (Å²) in [6.07, 6.45) is 39.3. The van der Waals surface area contributed by atoms with Crippen LogP contribution < -0.4 is 0 Å². The van der Waals surface area contributed by atoms with Gasteiger partial charge in [0.25, 0.3) is 0 Å². The maximum Gasteiger partial charge on any atom is 0.472 e. The molecule has 0 radical (unpaired) electrons. The van der Waals surface area contributed by atoms with Crippen LogP contribution in [0, 0.1) is 0 Å². The Morgan fingerprint density at radius 2 is 0.952 bits per heavy atom. The lowest BCUT2D eigenvalue weighted by Gasteiger charge is -2.41. The highest BCUT2D eigenvalue weighted by atomic mass is 31.2. The van der Waals surface area contributed by atoms with E-state index in [1.807, 2.05) is 0 Å². The molecule has 0 spiro atoms. The van der Waals surface area contributed by atoms with Gasteiger partial charge in [0.1, 0.15) is 42.7 Å². The Morgan fingerprint density at radius 3 is 1.45 bits per heavy atom. The van der Waals surface area contributed by atoms with E-state index in [0.717, 1.165) is 89.9 Å². The zero-order valence-electron chi connectivity index (χ0n) is 37.9. The number of hydrogen-bond donors (Lipinski definition) is 6. The van der Waals surface area contributed by atoms with Crippen LogP contribution in [-0.4, -0.2) is 98.9 Å². The van der Waals surface area contributed by atoms with Crippen molar-refractivity contribution < 1.29 is 58.3 Å². The molecule has 6 unspecified atom stereocenters. The average molecular weight is 895 g/mol. The summed E-state index contributed by atoms with van der Waals surface area (Å²) in [7, 11) is -5.04. The minimum atomic E-state index is -5.04. The van der Waals surface area contributed by atoms with E-state index in [0.29, 0.717) is 13.0 Å². The van der Waals surface area contributed by atoms with E-state index in [9.17, 15) is 39.8 Å². The molecule has 12 nitrogen and oxygen atoms in total. The summed E-state index contributed by atoms with van der Waals surface area (Å²) in [5.74, 6) is -0.504. The zero-order valence-corrected chi connectivity index (χ0v) is 38.8. The van der Waals surface area contributed by atoms with E-state index in [1.54, 1.807) is 0 Å². The van der Waals surface area contributed by atoms with Crippen molar-refractivity contribution in [1.29, 1.82) is 0 Å². The average Bonchev–Trinajstić information content (AvgIpc) is 3.26. The summed E-state index contributed by atoms with van der Waals surface area (Å²) in [4.78, 5) is 23.2. The van der Waals surface area contributed by atoms with Gasteiger partial charge < -0.3 is 39.9 Å². The summed E-state index contributed by atoms with van der Waals surface area (Å²) in [5.41, 5.74) is 0. The number of rotatable bonds is 38. The maximum absolute atomic E-state index is 12.8. The Morgan fingerprint density at radius 1 is 0.532 bits per heavy atom. The van der Waals surface area contributed by atoms with Crippen LogP contribution in [0.2, 0.25) is 0 Å². The van der Waals surface area contributed by atoms with Crippen LogP contribution in [0.15, 0.2) is 85.1 Å². The summed E-state index contributed by atoms with van der Waals surface area (Å²) in [6.45, 7) is 3.99. The fourth-order valence-electron chi connectivity index (χ4n) is 6.53. The number of phosphoric ester groups is 1. The summed E-state index contributed by atoms with van der Waals surface area (Å²) in [5, 5.41) is 50.2. The van der Waals surface area contributed by atoms with Gasteiger partial charge >= 0.3 is 13.8 Å². The largest absolute Gasteiger partial charge is 0.472 e. The van der Waals surface area contributed by atoms with E-state index >= 15 is 0 Å². The molecule has 1 aliphatic carbocycles. The first-order valence-corrected chi connectivity index (χ1v) is 24.9. The Balaban J connectivity index is 2.44. The Kier molecular flexibility index (Phi) is 36.1. The van der Waals surface area contributed by atoms with E-state index in [2.05, 4.69) is 98.9 Å². The number of aliphatic hydroxyl groups excluding tert-OH is 5. The van der Waals surface area contributed by atoms with Crippen LogP contribution in [0.25, 0.3) is 0 Å². The fraction of sp³-hybridized carbons (Fsp3) is 0.694. The molecule has 356 valence electrons. The molecule has 0 aliphatic heterocycles. The van der Waals surface area contributed by atoms with Gasteiger partial charge in [-0.3, -0.25) is 13.8 Å². The van der Waals surface area contributed by atoms with Gasteiger partial charge in [-0.1, -0.05) is 144 Å². The standard InChI is InChI=1S/C49H83O12P/c1-3-5-7-9-11-13-15-17-19-21-23-25-27-29-31-33-35-37-39-58-40-42(41-59-62(56,57)61-49-47(54)45(52)44(51)46(53)48(49)55)60-43(50)38-36-34-32-30-28-26-24-22-20-18-16-14-12-10-8-6-4-2/h5,7,11-14,17-20,23,25,29,31,42,44-49,51-55H,3-4,6,8-10,15-16,21-22,24,26-28,30,32-41H2,1-2H3,(H,56,57)/b7-5-,13-11-,14-12-,19-17-,20-18-,25-23-,31-29-. The van der Waals surface area contributed by atoms with Crippen LogP contribution in [-0.2, 0) is 27.9 Å². The monoisotopic (exact) mass is 895 g/mol. The van der Waals surface area contributed by atoms with Crippen molar-refractivity contribution in [3.05, 3.63) is 85.1 Å². The number of carbonyl (C=O) groups is 1. The third-order valence-corrected chi connectivity index (χ3v) is 11.2. The molecule has 0 heterocycles. The molecule has 0 aromatic carbocycles. The van der Waals surface area contributed by atoms with Gasteiger partial charge in [0.05, 0.1) is 13.2 Å². The number of ether oxygens (including phenoxy) is 2. The second kappa shape index (κ2) is 38.9. The van der Waals surface area contributed by atoms with Crippen molar-refractivity contribution in [2.24, 2.45) is 0 Å². The molecule has 0 aromatic rings. The van der Waals surface area contributed by atoms with Crippen LogP contribution in [0.5, 0.6) is 0 Å². The number of hydrogen-bond acceptors (Lipinski definition) is 11. The lowest BCUT2D eigenvalue weighted by atomic mass is 9.85. The molecule has 1 rings (SSSR count). The van der Waals surface area contributed by atoms with Gasteiger partial charge in [0.15, 0.2) is 0 Å². The van der Waals surface area contributed by atoms with Gasteiger partial charge in [0, 0.05) is 13.0 Å². The molecule has 1 fully saturated rings. The Labute approximate surface area is 373 Å². The molecule has 6 N–H and O–H groups in total. The molecule has 62 heavy (non-hydrogen) atoms. The third kappa shape index (κ3) is 30.6. The minimum Gasteiger partial charge on any atom is -0.457 e. The molecule has 0 saturated heterocycles. The molecule has 0 aromatic heterocycles. The number of esters is 1. The van der Waals surface area contributed by atoms with Crippen molar-refractivity contribution in [1.82, 2.24) is 0 Å². The normalized spacial score (nSPS) is 22.8. The van der Waals surface area contributed by atoms with Gasteiger partial charge in [-0.05, 0) is 89.9 Å². The van der Waals surface area contributed by atoms with Crippen molar-refractivity contribution in [3.8, 4) is 0 Å². The van der Waals surface area contributed by atoms with E-state index in [-0.39, 0.29) is 13.0 Å². The molecular weight excluding hydrogens is 812 g/mol. The molecular formula is C49H83O12P. The van der Waals surface area contributed by atoms with E-state index < -0.39 is 63.1 Å². The highest BCUT2D eigenvalue weighted by molar-refractivity contribution is 7.47. The molecule has 0 bridgehead atoms. The zero-order chi connectivity index (χ0) is 45.5. The Bertz CT molecular complexity index is 1340. The molecule has 0 amide bonds. The predicted molar refractivity (Wildman–Crippen MR) is 248 cm³/mol. The second-order valence-corrected chi connectivity index (χ2v) is 17.3. The third-order valence-electron chi connectivity index (χ3n) is 10.3. The fourth-order valence-corrected chi connectivity index (χ4v) is 7.50. The lowest BCUT2D eigenvalue weighted by Crippen LogP contribution is -2.64. The van der Waals surface area contributed by atoms with Crippen molar-refractivity contribution in [3.63, 3.8) is 0 Å². The van der Waals surface area contributed by atoms with Crippen molar-refractivity contribution in [2.75, 3.05) is 19.8 Å². The quantitative estimate of drug-likeness (QED) is 0.0149. The number of allylic oxidation sites excluding steroid dienone is 14. The smallest absolute Gasteiger partial charge is 0.457 e. The lowest BCUT2D eigenvalue weighted by molar-refractivity contribution is -0.220. The topological polar surface area (TPSA) is 192 Å². The first-order valence-electron chi connectivity index (χ1n) is 23.4. The summed E-state index contributed by atoms with van der Waals surface area (Å²) >= 11 is 0. The van der Waals surface area contributed by atoms with Crippen LogP contribution in [0.1, 0.15) is 155 Å². The number of carbonyl (C=O) groups excluding carboxylic acids is 1. The second-order valence-electron chi connectivity index (χ2n) is 15.9. The van der Waals surface area contributed by atoms with Crippen LogP contribution >= 0.6 is 7.82 Å². The Hall–Kier alpha value is -2.48. The van der Waals surface area contributed by atoms with Crippen LogP contribution in [0.4, 0.5) is 0 Å². The van der Waals surface area contributed by atoms with Gasteiger partial charge in [-0.15, -0.1) is 0 Å². The SMILES string of the molecule is CC/C=C\C/C=C\C/C=C\C/C=C\C/C=C\CCCCOCC(COP(=O)(O)OC1C(O)C(O)C(O)C(O)C1O)OC(=O)CCCCCCCCC/C=C\C/C=C\CCCCC.